The SMILES string of the molecule is COc1nc(C)c2c(n1)c(C1CCCN1)cn2C. The van der Waals surface area contributed by atoms with E-state index in [1.165, 1.54) is 18.4 Å². The first-order valence-electron chi connectivity index (χ1n) is 6.31. The molecule has 1 aliphatic rings. The molecule has 1 N–H and O–H groups in total. The lowest BCUT2D eigenvalue weighted by Gasteiger charge is -2.08. The van der Waals surface area contributed by atoms with Crippen LogP contribution in [0.15, 0.2) is 6.20 Å². The first-order chi connectivity index (χ1) is 8.70. The van der Waals surface area contributed by atoms with Gasteiger partial charge >= 0.3 is 6.01 Å². The molecule has 5 heteroatoms. The van der Waals surface area contributed by atoms with E-state index in [4.69, 9.17) is 4.74 Å². The minimum atomic E-state index is 0.410. The topological polar surface area (TPSA) is 52.0 Å². The Morgan fingerprint density at radius 1 is 1.44 bits per heavy atom. The van der Waals surface area contributed by atoms with Gasteiger partial charge in [0.25, 0.3) is 0 Å². The van der Waals surface area contributed by atoms with Crippen molar-refractivity contribution in [1.82, 2.24) is 19.9 Å². The Hall–Kier alpha value is -1.62. The molecular weight excluding hydrogens is 228 g/mol. The number of aryl methyl sites for hydroxylation is 2. The summed E-state index contributed by atoms with van der Waals surface area (Å²) in [6.07, 6.45) is 4.56. The highest BCUT2D eigenvalue weighted by Gasteiger charge is 2.23. The Kier molecular flexibility index (Phi) is 2.70. The number of ether oxygens (including phenoxy) is 1. The van der Waals surface area contributed by atoms with E-state index >= 15 is 0 Å². The number of aromatic nitrogens is 3. The van der Waals surface area contributed by atoms with Crippen LogP contribution in [0, 0.1) is 6.92 Å². The second-order valence-corrected chi connectivity index (χ2v) is 4.84. The van der Waals surface area contributed by atoms with Crippen LogP contribution >= 0.6 is 0 Å². The lowest BCUT2D eigenvalue weighted by Crippen LogP contribution is -2.12. The molecule has 0 bridgehead atoms. The normalized spacial score (nSPS) is 19.6. The fraction of sp³-hybridized carbons (Fsp3) is 0.538. The number of methoxy groups -OCH3 is 1. The molecule has 3 rings (SSSR count). The third-order valence-corrected chi connectivity index (χ3v) is 3.61. The maximum absolute atomic E-state index is 5.18. The van der Waals surface area contributed by atoms with Gasteiger partial charge in [0, 0.05) is 24.8 Å². The monoisotopic (exact) mass is 246 g/mol. The predicted octanol–water partition coefficient (Wildman–Crippen LogP) is 1.71. The van der Waals surface area contributed by atoms with E-state index < -0.39 is 0 Å². The van der Waals surface area contributed by atoms with Gasteiger partial charge in [0.15, 0.2) is 0 Å². The maximum Gasteiger partial charge on any atom is 0.317 e. The zero-order chi connectivity index (χ0) is 12.7. The number of rotatable bonds is 2. The van der Waals surface area contributed by atoms with Crippen LogP contribution in [-0.2, 0) is 7.05 Å². The molecule has 1 unspecified atom stereocenters. The summed E-state index contributed by atoms with van der Waals surface area (Å²) >= 11 is 0. The molecule has 0 amide bonds. The molecule has 0 aromatic carbocycles. The largest absolute Gasteiger partial charge is 0.467 e. The molecule has 1 saturated heterocycles. The molecule has 18 heavy (non-hydrogen) atoms. The van der Waals surface area contributed by atoms with Crippen LogP contribution in [-0.4, -0.2) is 28.2 Å². The summed E-state index contributed by atoms with van der Waals surface area (Å²) in [4.78, 5) is 8.87. The molecule has 0 saturated carbocycles. The van der Waals surface area contributed by atoms with Gasteiger partial charge in [-0.15, -0.1) is 0 Å². The highest BCUT2D eigenvalue weighted by molar-refractivity contribution is 5.82. The third kappa shape index (κ3) is 1.66. The highest BCUT2D eigenvalue weighted by Crippen LogP contribution is 2.31. The standard InChI is InChI=1S/C13H18N4O/c1-8-12-11(16-13(15-8)18-3)9(7-17(12)2)10-5-4-6-14-10/h7,10,14H,4-6H2,1-3H3. The summed E-state index contributed by atoms with van der Waals surface area (Å²) in [5, 5.41) is 3.52. The molecule has 1 aliphatic heterocycles. The van der Waals surface area contributed by atoms with Crippen molar-refractivity contribution in [2.75, 3.05) is 13.7 Å². The van der Waals surface area contributed by atoms with Gasteiger partial charge in [-0.25, -0.2) is 0 Å². The summed E-state index contributed by atoms with van der Waals surface area (Å²) < 4.78 is 7.29. The van der Waals surface area contributed by atoms with E-state index in [0.29, 0.717) is 12.1 Å². The number of hydrogen-bond donors (Lipinski definition) is 1. The molecular formula is C13H18N4O. The van der Waals surface area contributed by atoms with E-state index in [0.717, 1.165) is 23.3 Å². The molecule has 0 radical (unpaired) electrons. The van der Waals surface area contributed by atoms with Crippen molar-refractivity contribution < 1.29 is 4.74 Å². The number of hydrogen-bond acceptors (Lipinski definition) is 4. The highest BCUT2D eigenvalue weighted by atomic mass is 16.5. The molecule has 5 nitrogen and oxygen atoms in total. The van der Waals surface area contributed by atoms with E-state index in [1.807, 2.05) is 14.0 Å². The van der Waals surface area contributed by atoms with Crippen molar-refractivity contribution >= 4 is 11.0 Å². The summed E-state index contributed by atoms with van der Waals surface area (Å²) in [5.74, 6) is 0. The van der Waals surface area contributed by atoms with Gasteiger partial charge in [0.05, 0.1) is 18.3 Å². The van der Waals surface area contributed by atoms with Crippen molar-refractivity contribution in [3.63, 3.8) is 0 Å². The van der Waals surface area contributed by atoms with Gasteiger partial charge in [0.2, 0.25) is 0 Å². The fourth-order valence-electron chi connectivity index (χ4n) is 2.80. The summed E-state index contributed by atoms with van der Waals surface area (Å²) in [5.41, 5.74) is 4.33. The van der Waals surface area contributed by atoms with Gasteiger partial charge in [-0.05, 0) is 26.3 Å². The molecule has 1 fully saturated rings. The van der Waals surface area contributed by atoms with Crippen LogP contribution in [0.1, 0.15) is 30.1 Å². The van der Waals surface area contributed by atoms with E-state index in [-0.39, 0.29) is 0 Å². The first kappa shape index (κ1) is 11.5. The molecule has 0 spiro atoms. The molecule has 3 heterocycles. The third-order valence-electron chi connectivity index (χ3n) is 3.61. The van der Waals surface area contributed by atoms with Gasteiger partial charge in [-0.3, -0.25) is 0 Å². The van der Waals surface area contributed by atoms with E-state index in [9.17, 15) is 0 Å². The average molecular weight is 246 g/mol. The zero-order valence-electron chi connectivity index (χ0n) is 11.0. The van der Waals surface area contributed by atoms with Crippen LogP contribution in [0.25, 0.3) is 11.0 Å². The minimum Gasteiger partial charge on any atom is -0.467 e. The number of nitrogens with one attached hydrogen (secondary N) is 1. The van der Waals surface area contributed by atoms with Crippen LogP contribution in [0.4, 0.5) is 0 Å². The maximum atomic E-state index is 5.18. The molecule has 96 valence electrons. The Bertz CT molecular complexity index is 584. The Morgan fingerprint density at radius 3 is 2.94 bits per heavy atom. The van der Waals surface area contributed by atoms with Crippen molar-refractivity contribution in [3.05, 3.63) is 17.5 Å². The summed E-state index contributed by atoms with van der Waals surface area (Å²) in [6.45, 7) is 3.08. The zero-order valence-corrected chi connectivity index (χ0v) is 11.0. The van der Waals surface area contributed by atoms with Crippen molar-refractivity contribution in [2.45, 2.75) is 25.8 Å². The predicted molar refractivity (Wildman–Crippen MR) is 69.8 cm³/mol. The minimum absolute atomic E-state index is 0.410. The Labute approximate surface area is 106 Å². The Balaban J connectivity index is 2.22. The molecule has 2 aromatic rings. The quantitative estimate of drug-likeness (QED) is 0.876. The molecule has 0 aliphatic carbocycles. The Morgan fingerprint density at radius 2 is 2.28 bits per heavy atom. The summed E-state index contributed by atoms with van der Waals surface area (Å²) in [7, 11) is 3.65. The number of fused-ring (bicyclic) bond motifs is 1. The average Bonchev–Trinajstić information content (AvgIpc) is 2.96. The second-order valence-electron chi connectivity index (χ2n) is 4.84. The summed E-state index contributed by atoms with van der Waals surface area (Å²) in [6, 6.07) is 0.859. The molecule has 1 atom stereocenters. The van der Waals surface area contributed by atoms with Gasteiger partial charge in [0.1, 0.15) is 5.52 Å². The first-order valence-corrected chi connectivity index (χ1v) is 6.31. The van der Waals surface area contributed by atoms with Gasteiger partial charge < -0.3 is 14.6 Å². The fourth-order valence-corrected chi connectivity index (χ4v) is 2.80. The van der Waals surface area contributed by atoms with Crippen LogP contribution in [0.3, 0.4) is 0 Å². The van der Waals surface area contributed by atoms with Crippen molar-refractivity contribution in [1.29, 1.82) is 0 Å². The smallest absolute Gasteiger partial charge is 0.317 e. The van der Waals surface area contributed by atoms with Gasteiger partial charge in [-0.2, -0.15) is 9.97 Å². The van der Waals surface area contributed by atoms with Crippen LogP contribution in [0.5, 0.6) is 6.01 Å². The lowest BCUT2D eigenvalue weighted by atomic mass is 10.1. The molecule has 2 aromatic heterocycles. The van der Waals surface area contributed by atoms with Gasteiger partial charge in [-0.1, -0.05) is 0 Å². The van der Waals surface area contributed by atoms with E-state index in [2.05, 4.69) is 26.0 Å². The second kappa shape index (κ2) is 4.24. The van der Waals surface area contributed by atoms with Crippen molar-refractivity contribution in [3.8, 4) is 6.01 Å². The van der Waals surface area contributed by atoms with E-state index in [1.54, 1.807) is 7.11 Å². The van der Waals surface area contributed by atoms with Crippen LogP contribution in [0.2, 0.25) is 0 Å². The number of nitrogens with zero attached hydrogens (tertiary/aromatic N) is 3. The van der Waals surface area contributed by atoms with Crippen molar-refractivity contribution in [2.24, 2.45) is 7.05 Å². The lowest BCUT2D eigenvalue weighted by molar-refractivity contribution is 0.380. The van der Waals surface area contributed by atoms with Crippen LogP contribution < -0.4 is 10.1 Å².